The summed E-state index contributed by atoms with van der Waals surface area (Å²) in [6, 6.07) is 0. The van der Waals surface area contributed by atoms with Crippen LogP contribution >= 0.6 is 0 Å². The SMILES string of the molecule is C=C(C)C(=O)O.C=C(C)C(=O)O.C=C(C)C(=O)O.C=CC(O)C(C)CC. The van der Waals surface area contributed by atoms with Crippen molar-refractivity contribution in [3.63, 3.8) is 0 Å². The second-order valence-electron chi connectivity index (χ2n) is 5.37. The number of hydrogen-bond acceptors (Lipinski definition) is 4. The fraction of sp³-hybridized carbons (Fsp3) is 0.421. The van der Waals surface area contributed by atoms with Gasteiger partial charge < -0.3 is 20.4 Å². The summed E-state index contributed by atoms with van der Waals surface area (Å²) < 4.78 is 0. The van der Waals surface area contributed by atoms with Crippen molar-refractivity contribution in [1.29, 1.82) is 0 Å². The van der Waals surface area contributed by atoms with E-state index in [4.69, 9.17) is 20.4 Å². The number of aliphatic hydroxyl groups excluding tert-OH is 1. The van der Waals surface area contributed by atoms with Crippen molar-refractivity contribution in [2.24, 2.45) is 5.92 Å². The number of hydrogen-bond donors (Lipinski definition) is 4. The van der Waals surface area contributed by atoms with Gasteiger partial charge in [-0.2, -0.15) is 0 Å². The Hall–Kier alpha value is -2.67. The molecule has 0 saturated carbocycles. The maximum absolute atomic E-state index is 9.60. The van der Waals surface area contributed by atoms with Crippen LogP contribution in [0.2, 0.25) is 0 Å². The zero-order chi connectivity index (χ0) is 22.0. The second-order valence-corrected chi connectivity index (χ2v) is 5.37. The maximum Gasteiger partial charge on any atom is 0.330 e. The van der Waals surface area contributed by atoms with Crippen molar-refractivity contribution in [3.05, 3.63) is 49.1 Å². The van der Waals surface area contributed by atoms with E-state index >= 15 is 0 Å². The minimum atomic E-state index is -0.935. The maximum atomic E-state index is 9.60. The van der Waals surface area contributed by atoms with E-state index in [9.17, 15) is 14.4 Å². The molecule has 0 aliphatic carbocycles. The molecule has 0 spiro atoms. The molecule has 0 aromatic heterocycles. The molecule has 4 N–H and O–H groups in total. The van der Waals surface area contributed by atoms with Crippen LogP contribution in [0.3, 0.4) is 0 Å². The number of carboxylic acid groups (broad SMARTS) is 3. The third-order valence-corrected chi connectivity index (χ3v) is 2.56. The number of aliphatic carboxylic acids is 3. The van der Waals surface area contributed by atoms with E-state index in [1.165, 1.54) is 20.8 Å². The molecule has 0 heterocycles. The fourth-order valence-electron chi connectivity index (χ4n) is 0.474. The number of carboxylic acids is 3. The van der Waals surface area contributed by atoms with Crippen molar-refractivity contribution < 1.29 is 34.8 Å². The average Bonchev–Trinajstić information content (AvgIpc) is 2.54. The molecule has 0 aromatic carbocycles. The van der Waals surface area contributed by atoms with Crippen LogP contribution in [0.4, 0.5) is 0 Å². The van der Waals surface area contributed by atoms with Gasteiger partial charge in [-0.3, -0.25) is 0 Å². The molecule has 0 aliphatic rings. The zero-order valence-electron chi connectivity index (χ0n) is 16.3. The third kappa shape index (κ3) is 29.4. The smallest absolute Gasteiger partial charge is 0.330 e. The van der Waals surface area contributed by atoms with E-state index in [0.717, 1.165) is 6.42 Å². The van der Waals surface area contributed by atoms with E-state index in [1.54, 1.807) is 6.08 Å². The van der Waals surface area contributed by atoms with Gasteiger partial charge in [0.2, 0.25) is 0 Å². The average molecular weight is 372 g/mol. The predicted octanol–water partition coefficient (Wildman–Crippen LogP) is 3.52. The highest BCUT2D eigenvalue weighted by atomic mass is 16.4. The summed E-state index contributed by atoms with van der Waals surface area (Å²) in [5.41, 5.74) is 0.528. The van der Waals surface area contributed by atoms with Gasteiger partial charge in [0.05, 0.1) is 6.10 Å². The van der Waals surface area contributed by atoms with Crippen molar-refractivity contribution in [3.8, 4) is 0 Å². The van der Waals surface area contributed by atoms with Crippen molar-refractivity contribution in [1.82, 2.24) is 0 Å². The van der Waals surface area contributed by atoms with Gasteiger partial charge >= 0.3 is 17.9 Å². The van der Waals surface area contributed by atoms with Crippen LogP contribution in [-0.4, -0.2) is 44.4 Å². The monoisotopic (exact) mass is 372 g/mol. The van der Waals surface area contributed by atoms with E-state index in [2.05, 4.69) is 33.2 Å². The van der Waals surface area contributed by atoms with E-state index in [1.807, 2.05) is 6.92 Å². The molecular weight excluding hydrogens is 340 g/mol. The lowest BCUT2D eigenvalue weighted by atomic mass is 10.0. The molecule has 26 heavy (non-hydrogen) atoms. The Labute approximate surface area is 155 Å². The van der Waals surface area contributed by atoms with Gasteiger partial charge in [-0.15, -0.1) is 6.58 Å². The van der Waals surface area contributed by atoms with E-state index in [-0.39, 0.29) is 22.8 Å². The summed E-state index contributed by atoms with van der Waals surface area (Å²) >= 11 is 0. The first kappa shape index (κ1) is 31.1. The second kappa shape index (κ2) is 18.7. The van der Waals surface area contributed by atoms with Gasteiger partial charge in [0.15, 0.2) is 0 Å². The summed E-state index contributed by atoms with van der Waals surface area (Å²) in [7, 11) is 0. The van der Waals surface area contributed by atoms with Crippen LogP contribution in [-0.2, 0) is 14.4 Å². The summed E-state index contributed by atoms with van der Waals surface area (Å²) in [5.74, 6) is -2.45. The predicted molar refractivity (Wildman–Crippen MR) is 103 cm³/mol. The minimum absolute atomic E-state index is 0.176. The fourth-order valence-corrected chi connectivity index (χ4v) is 0.474. The highest BCUT2D eigenvalue weighted by molar-refractivity contribution is 5.85. The quantitative estimate of drug-likeness (QED) is 0.414. The molecule has 0 fully saturated rings. The van der Waals surface area contributed by atoms with Gasteiger partial charge in [0, 0.05) is 16.7 Å². The molecule has 0 bridgehead atoms. The minimum Gasteiger partial charge on any atom is -0.478 e. The first-order valence-electron chi connectivity index (χ1n) is 7.62. The Morgan fingerprint density at radius 3 is 1.08 bits per heavy atom. The summed E-state index contributed by atoms with van der Waals surface area (Å²) in [6.07, 6.45) is 2.27. The highest BCUT2D eigenvalue weighted by Gasteiger charge is 2.05. The molecule has 7 heteroatoms. The van der Waals surface area contributed by atoms with E-state index in [0.29, 0.717) is 5.92 Å². The van der Waals surface area contributed by atoms with Gasteiger partial charge in [-0.1, -0.05) is 46.1 Å². The molecule has 2 unspecified atom stereocenters. The lowest BCUT2D eigenvalue weighted by molar-refractivity contribution is -0.133. The van der Waals surface area contributed by atoms with Gasteiger partial charge in [-0.05, 0) is 26.7 Å². The van der Waals surface area contributed by atoms with E-state index < -0.39 is 17.9 Å². The molecule has 150 valence electrons. The van der Waals surface area contributed by atoms with Crippen LogP contribution in [0.15, 0.2) is 49.1 Å². The molecule has 0 saturated heterocycles. The van der Waals surface area contributed by atoms with Crippen LogP contribution < -0.4 is 0 Å². The molecule has 0 rings (SSSR count). The van der Waals surface area contributed by atoms with Gasteiger partial charge in [0.1, 0.15) is 0 Å². The lowest BCUT2D eigenvalue weighted by Gasteiger charge is -2.10. The Bertz CT molecular complexity index is 411. The van der Waals surface area contributed by atoms with Crippen LogP contribution in [0.25, 0.3) is 0 Å². The summed E-state index contributed by atoms with van der Waals surface area (Å²) in [6.45, 7) is 21.3. The van der Waals surface area contributed by atoms with Gasteiger partial charge in [-0.25, -0.2) is 14.4 Å². The summed E-state index contributed by atoms with van der Waals surface area (Å²) in [5, 5.41) is 32.7. The van der Waals surface area contributed by atoms with Crippen molar-refractivity contribution >= 4 is 17.9 Å². The van der Waals surface area contributed by atoms with Crippen LogP contribution in [0.1, 0.15) is 41.0 Å². The molecule has 7 nitrogen and oxygen atoms in total. The Morgan fingerprint density at radius 2 is 1.04 bits per heavy atom. The standard InChI is InChI=1S/C7H14O.3C4H6O2/c1-4-6(3)7(8)5-2;3*1-3(2)4(5)6/h5-8H,2,4H2,1,3H3;3*1H2,2H3,(H,5,6). The van der Waals surface area contributed by atoms with Gasteiger partial charge in [0.25, 0.3) is 0 Å². The Morgan fingerprint density at radius 1 is 0.846 bits per heavy atom. The topological polar surface area (TPSA) is 132 Å². The molecule has 0 aliphatic heterocycles. The number of rotatable bonds is 6. The lowest BCUT2D eigenvalue weighted by Crippen LogP contribution is -2.12. The number of aliphatic hydroxyl groups is 1. The summed E-state index contributed by atoms with van der Waals surface area (Å²) in [4.78, 5) is 28.8. The van der Waals surface area contributed by atoms with Crippen molar-refractivity contribution in [2.45, 2.75) is 47.1 Å². The molecule has 0 amide bonds. The van der Waals surface area contributed by atoms with Crippen LogP contribution in [0, 0.1) is 5.92 Å². The molecule has 0 aromatic rings. The highest BCUT2D eigenvalue weighted by Crippen LogP contribution is 2.06. The third-order valence-electron chi connectivity index (χ3n) is 2.56. The Balaban J connectivity index is -0.000000125. The zero-order valence-corrected chi connectivity index (χ0v) is 16.3. The normalized spacial score (nSPS) is 10.5. The molecule has 0 radical (unpaired) electrons. The first-order valence-corrected chi connectivity index (χ1v) is 7.62. The largest absolute Gasteiger partial charge is 0.478 e. The van der Waals surface area contributed by atoms with Crippen LogP contribution in [0.5, 0.6) is 0 Å². The molecular formula is C19H32O7. The Kier molecular flexibility index (Phi) is 22.4. The van der Waals surface area contributed by atoms with Crippen molar-refractivity contribution in [2.75, 3.05) is 0 Å². The molecule has 2 atom stereocenters. The first-order chi connectivity index (χ1) is 11.6. The number of carbonyl (C=O) groups is 3.